The molecular formula is C11H15FN2. The van der Waals surface area contributed by atoms with E-state index < -0.39 is 0 Å². The molecular weight excluding hydrogens is 179 g/mol. The Morgan fingerprint density at radius 3 is 3.00 bits per heavy atom. The summed E-state index contributed by atoms with van der Waals surface area (Å²) >= 11 is 0. The third-order valence-corrected chi connectivity index (χ3v) is 2.70. The molecule has 0 aromatic heterocycles. The third kappa shape index (κ3) is 2.04. The Morgan fingerprint density at radius 2 is 2.36 bits per heavy atom. The van der Waals surface area contributed by atoms with Gasteiger partial charge in [-0.2, -0.15) is 0 Å². The number of rotatable bonds is 2. The van der Waals surface area contributed by atoms with Gasteiger partial charge in [0.25, 0.3) is 0 Å². The molecule has 1 aromatic carbocycles. The molecule has 1 aromatic rings. The van der Waals surface area contributed by atoms with E-state index in [1.54, 1.807) is 6.07 Å². The summed E-state index contributed by atoms with van der Waals surface area (Å²) in [7, 11) is 0. The van der Waals surface area contributed by atoms with Crippen LogP contribution in [-0.4, -0.2) is 12.6 Å². The van der Waals surface area contributed by atoms with Crippen molar-refractivity contribution in [3.05, 3.63) is 29.6 Å². The fraction of sp³-hybridized carbons (Fsp3) is 0.455. The first-order valence-electron chi connectivity index (χ1n) is 5.03. The van der Waals surface area contributed by atoms with Crippen molar-refractivity contribution >= 4 is 5.69 Å². The molecule has 1 heterocycles. The van der Waals surface area contributed by atoms with E-state index in [0.717, 1.165) is 18.5 Å². The van der Waals surface area contributed by atoms with E-state index in [9.17, 15) is 4.39 Å². The zero-order chi connectivity index (χ0) is 9.97. The van der Waals surface area contributed by atoms with Crippen LogP contribution in [0.4, 0.5) is 10.1 Å². The molecule has 14 heavy (non-hydrogen) atoms. The van der Waals surface area contributed by atoms with Crippen LogP contribution in [0.2, 0.25) is 0 Å². The highest BCUT2D eigenvalue weighted by Gasteiger charge is 2.14. The van der Waals surface area contributed by atoms with E-state index >= 15 is 0 Å². The van der Waals surface area contributed by atoms with Gasteiger partial charge >= 0.3 is 0 Å². The Kier molecular flexibility index (Phi) is 2.68. The van der Waals surface area contributed by atoms with Gasteiger partial charge in [-0.1, -0.05) is 6.07 Å². The number of halogens is 1. The topological polar surface area (TPSA) is 38.0 Å². The molecule has 0 saturated carbocycles. The van der Waals surface area contributed by atoms with E-state index in [4.69, 9.17) is 5.73 Å². The minimum Gasteiger partial charge on any atom is -0.396 e. The van der Waals surface area contributed by atoms with Crippen LogP contribution in [0.25, 0.3) is 0 Å². The second kappa shape index (κ2) is 3.96. The van der Waals surface area contributed by atoms with Crippen LogP contribution in [0.15, 0.2) is 18.2 Å². The second-order valence-corrected chi connectivity index (χ2v) is 3.85. The highest BCUT2D eigenvalue weighted by atomic mass is 19.1. The molecule has 1 atom stereocenters. The quantitative estimate of drug-likeness (QED) is 0.703. The van der Waals surface area contributed by atoms with Gasteiger partial charge in [0, 0.05) is 6.04 Å². The normalized spacial score (nSPS) is 21.4. The van der Waals surface area contributed by atoms with E-state index in [-0.39, 0.29) is 11.5 Å². The van der Waals surface area contributed by atoms with Crippen molar-refractivity contribution in [2.75, 3.05) is 12.3 Å². The first kappa shape index (κ1) is 9.46. The van der Waals surface area contributed by atoms with Gasteiger partial charge in [-0.05, 0) is 43.5 Å². The Labute approximate surface area is 83.3 Å². The predicted octanol–water partition coefficient (Wildman–Crippen LogP) is 1.70. The summed E-state index contributed by atoms with van der Waals surface area (Å²) in [6.07, 6.45) is 3.39. The summed E-state index contributed by atoms with van der Waals surface area (Å²) in [6, 6.07) is 5.53. The summed E-state index contributed by atoms with van der Waals surface area (Å²) in [4.78, 5) is 0. The summed E-state index contributed by atoms with van der Waals surface area (Å²) in [5.41, 5.74) is 6.86. The Hall–Kier alpha value is -1.09. The van der Waals surface area contributed by atoms with Crippen molar-refractivity contribution in [1.82, 2.24) is 5.32 Å². The lowest BCUT2D eigenvalue weighted by atomic mass is 10.0. The number of nitrogens with one attached hydrogen (secondary N) is 1. The number of benzene rings is 1. The maximum absolute atomic E-state index is 12.9. The fourth-order valence-corrected chi connectivity index (χ4v) is 1.94. The monoisotopic (exact) mass is 194 g/mol. The Bertz CT molecular complexity index is 319. The Morgan fingerprint density at radius 1 is 1.50 bits per heavy atom. The maximum atomic E-state index is 12.9. The van der Waals surface area contributed by atoms with Crippen LogP contribution in [-0.2, 0) is 6.42 Å². The van der Waals surface area contributed by atoms with Crippen LogP contribution >= 0.6 is 0 Å². The Balaban J connectivity index is 2.05. The highest BCUT2D eigenvalue weighted by Crippen LogP contribution is 2.16. The minimum absolute atomic E-state index is 0.250. The van der Waals surface area contributed by atoms with Gasteiger partial charge in [0.05, 0.1) is 5.69 Å². The molecule has 0 spiro atoms. The van der Waals surface area contributed by atoms with Gasteiger partial charge in [-0.15, -0.1) is 0 Å². The molecule has 1 fully saturated rings. The molecule has 3 N–H and O–H groups in total. The lowest BCUT2D eigenvalue weighted by molar-refractivity contribution is 0.599. The highest BCUT2D eigenvalue weighted by molar-refractivity contribution is 5.42. The number of hydrogen-bond donors (Lipinski definition) is 2. The molecule has 1 unspecified atom stereocenters. The van der Waals surface area contributed by atoms with Gasteiger partial charge in [0.15, 0.2) is 0 Å². The second-order valence-electron chi connectivity index (χ2n) is 3.85. The van der Waals surface area contributed by atoms with Gasteiger partial charge in [-0.3, -0.25) is 0 Å². The van der Waals surface area contributed by atoms with Crippen LogP contribution in [0, 0.1) is 5.82 Å². The van der Waals surface area contributed by atoms with Crippen molar-refractivity contribution in [3.63, 3.8) is 0 Å². The van der Waals surface area contributed by atoms with E-state index in [2.05, 4.69) is 5.32 Å². The standard InChI is InChI=1S/C11H15FN2/c12-10-4-3-8(7-11(10)13)6-9-2-1-5-14-9/h3-4,7,9,14H,1-2,5-6,13H2. The lowest BCUT2D eigenvalue weighted by Crippen LogP contribution is -2.23. The van der Waals surface area contributed by atoms with Crippen molar-refractivity contribution in [2.24, 2.45) is 0 Å². The van der Waals surface area contributed by atoms with Crippen LogP contribution in [0.1, 0.15) is 18.4 Å². The number of anilines is 1. The largest absolute Gasteiger partial charge is 0.396 e. The number of nitrogen functional groups attached to an aromatic ring is 1. The van der Waals surface area contributed by atoms with E-state index in [1.165, 1.54) is 18.9 Å². The van der Waals surface area contributed by atoms with Crippen LogP contribution in [0.5, 0.6) is 0 Å². The van der Waals surface area contributed by atoms with Crippen molar-refractivity contribution in [3.8, 4) is 0 Å². The molecule has 1 saturated heterocycles. The first-order chi connectivity index (χ1) is 6.75. The molecule has 1 aliphatic heterocycles. The van der Waals surface area contributed by atoms with Gasteiger partial charge in [-0.25, -0.2) is 4.39 Å². The molecule has 0 radical (unpaired) electrons. The summed E-state index contributed by atoms with van der Waals surface area (Å²) < 4.78 is 12.9. The average Bonchev–Trinajstić information content (AvgIpc) is 2.64. The van der Waals surface area contributed by atoms with Crippen LogP contribution < -0.4 is 11.1 Å². The predicted molar refractivity (Wildman–Crippen MR) is 55.5 cm³/mol. The molecule has 2 nitrogen and oxygen atoms in total. The maximum Gasteiger partial charge on any atom is 0.146 e. The van der Waals surface area contributed by atoms with E-state index in [1.807, 2.05) is 6.07 Å². The van der Waals surface area contributed by atoms with Crippen molar-refractivity contribution in [1.29, 1.82) is 0 Å². The molecule has 2 rings (SSSR count). The molecule has 0 amide bonds. The number of hydrogen-bond acceptors (Lipinski definition) is 2. The molecule has 3 heteroatoms. The van der Waals surface area contributed by atoms with Crippen molar-refractivity contribution in [2.45, 2.75) is 25.3 Å². The molecule has 1 aliphatic rings. The zero-order valence-corrected chi connectivity index (χ0v) is 8.09. The smallest absolute Gasteiger partial charge is 0.146 e. The lowest BCUT2D eigenvalue weighted by Gasteiger charge is -2.10. The van der Waals surface area contributed by atoms with Gasteiger partial charge in [0.1, 0.15) is 5.82 Å². The first-order valence-corrected chi connectivity index (χ1v) is 5.03. The zero-order valence-electron chi connectivity index (χ0n) is 8.09. The van der Waals surface area contributed by atoms with Gasteiger partial charge < -0.3 is 11.1 Å². The summed E-state index contributed by atoms with van der Waals surface area (Å²) in [5.74, 6) is -0.326. The fourth-order valence-electron chi connectivity index (χ4n) is 1.94. The molecule has 0 aliphatic carbocycles. The number of nitrogens with two attached hydrogens (primary N) is 1. The van der Waals surface area contributed by atoms with Crippen LogP contribution in [0.3, 0.4) is 0 Å². The molecule has 0 bridgehead atoms. The van der Waals surface area contributed by atoms with Crippen molar-refractivity contribution < 1.29 is 4.39 Å². The summed E-state index contributed by atoms with van der Waals surface area (Å²) in [5, 5.41) is 3.40. The minimum atomic E-state index is -0.326. The average molecular weight is 194 g/mol. The van der Waals surface area contributed by atoms with E-state index in [0.29, 0.717) is 6.04 Å². The SMILES string of the molecule is Nc1cc(CC2CCCN2)ccc1F. The van der Waals surface area contributed by atoms with Gasteiger partial charge in [0.2, 0.25) is 0 Å². The third-order valence-electron chi connectivity index (χ3n) is 2.70. The molecule has 76 valence electrons. The summed E-state index contributed by atoms with van der Waals surface area (Å²) in [6.45, 7) is 1.10.